The number of rotatable bonds is 11. The molecule has 0 spiro atoms. The number of likely N-dealkylation sites (N-methyl/N-ethyl adjacent to an activating group) is 1. The third-order valence-corrected chi connectivity index (χ3v) is 7.77. The summed E-state index contributed by atoms with van der Waals surface area (Å²) in [6, 6.07) is -5.61. The topological polar surface area (TPSA) is 327 Å². The second kappa shape index (κ2) is 15.6. The molecule has 2 saturated heterocycles. The van der Waals surface area contributed by atoms with E-state index < -0.39 is 104 Å². The van der Waals surface area contributed by atoms with Crippen LogP contribution in [-0.2, 0) is 18.9 Å². The minimum Gasteiger partial charge on any atom is -0.394 e. The van der Waals surface area contributed by atoms with Crippen molar-refractivity contribution >= 4 is 6.03 Å². The molecule has 2 aliphatic heterocycles. The van der Waals surface area contributed by atoms with Crippen molar-refractivity contribution in [3.8, 4) is 0 Å². The summed E-state index contributed by atoms with van der Waals surface area (Å²) in [5.41, 5.74) is 23.7. The van der Waals surface area contributed by atoms with Gasteiger partial charge in [-0.2, -0.15) is 0 Å². The molecule has 15 atom stereocenters. The minimum absolute atomic E-state index is 0.0472. The van der Waals surface area contributed by atoms with E-state index in [2.05, 4.69) is 10.6 Å². The summed E-state index contributed by atoms with van der Waals surface area (Å²) in [7, 11) is 0. The van der Waals surface area contributed by atoms with Crippen LogP contribution in [0, 0.1) is 0 Å². The Morgan fingerprint density at radius 1 is 0.905 bits per heavy atom. The molecule has 3 rings (SSSR count). The van der Waals surface area contributed by atoms with E-state index in [9.17, 15) is 40.6 Å². The summed E-state index contributed by atoms with van der Waals surface area (Å²) in [4.78, 5) is 12.6. The second-order valence-electron chi connectivity index (χ2n) is 10.8. The van der Waals surface area contributed by atoms with Gasteiger partial charge < -0.3 is 83.2 Å². The van der Waals surface area contributed by atoms with Crippen LogP contribution in [-0.4, -0.2) is 171 Å². The Morgan fingerprint density at radius 2 is 1.55 bits per heavy atom. The fourth-order valence-corrected chi connectivity index (χ4v) is 5.26. The number of nitrogens with zero attached hydrogens (tertiary/aromatic N) is 1. The van der Waals surface area contributed by atoms with Crippen molar-refractivity contribution in [1.82, 2.24) is 15.7 Å². The molecule has 3 aliphatic rings. The Morgan fingerprint density at radius 3 is 2.17 bits per heavy atom. The third kappa shape index (κ3) is 7.82. The zero-order valence-electron chi connectivity index (χ0n) is 23.3. The maximum Gasteiger partial charge on any atom is 0.341 e. The molecule has 1 aliphatic carbocycles. The van der Waals surface area contributed by atoms with Crippen molar-refractivity contribution in [3.05, 3.63) is 0 Å². The van der Waals surface area contributed by atoms with Crippen molar-refractivity contribution in [2.75, 3.05) is 32.8 Å². The average molecular weight is 614 g/mol. The van der Waals surface area contributed by atoms with Gasteiger partial charge in [0.2, 0.25) is 0 Å². The molecule has 19 heteroatoms. The third-order valence-electron chi connectivity index (χ3n) is 7.77. The van der Waals surface area contributed by atoms with Crippen LogP contribution >= 0.6 is 0 Å². The molecule has 19 nitrogen and oxygen atoms in total. The zero-order valence-corrected chi connectivity index (χ0v) is 23.3. The van der Waals surface area contributed by atoms with Crippen molar-refractivity contribution in [1.29, 1.82) is 0 Å². The van der Waals surface area contributed by atoms with Gasteiger partial charge in [-0.25, -0.2) is 9.86 Å². The summed E-state index contributed by atoms with van der Waals surface area (Å²) < 4.78 is 23.2. The molecule has 0 bridgehead atoms. The van der Waals surface area contributed by atoms with E-state index in [0.29, 0.717) is 11.6 Å². The fourth-order valence-electron chi connectivity index (χ4n) is 5.26. The molecule has 0 aromatic heterocycles. The molecule has 17 N–H and O–H groups in total. The first-order valence-electron chi connectivity index (χ1n) is 13.9. The van der Waals surface area contributed by atoms with Gasteiger partial charge in [0.15, 0.2) is 12.6 Å². The van der Waals surface area contributed by atoms with E-state index in [1.807, 2.05) is 6.92 Å². The SMILES string of the molecule is CCNC[C@H]1O[C@H](OC2[C@@H](N)C[C@@H](NC(=O)N(O)CCN)[C@H](O[C@H]3O[C@H](CO)[C@@H](O)[C@H](N)[C@H]3O)[C@H]2O)[C@H](N)[C@@H](O)[C@@H]1O. The Kier molecular flexibility index (Phi) is 13.0. The molecule has 0 aromatic carbocycles. The van der Waals surface area contributed by atoms with Crippen molar-refractivity contribution < 1.29 is 59.6 Å². The predicted molar refractivity (Wildman–Crippen MR) is 141 cm³/mol. The van der Waals surface area contributed by atoms with E-state index >= 15 is 0 Å². The number of nitrogens with two attached hydrogens (primary N) is 4. The van der Waals surface area contributed by atoms with Gasteiger partial charge in [-0.3, -0.25) is 5.21 Å². The highest BCUT2D eigenvalue weighted by molar-refractivity contribution is 5.73. The minimum atomic E-state index is -1.67. The Labute approximate surface area is 242 Å². The molecule has 0 aromatic rings. The van der Waals surface area contributed by atoms with Crippen LogP contribution in [0.3, 0.4) is 0 Å². The van der Waals surface area contributed by atoms with E-state index in [-0.39, 0.29) is 26.1 Å². The van der Waals surface area contributed by atoms with E-state index in [0.717, 1.165) is 0 Å². The first-order chi connectivity index (χ1) is 19.9. The molecule has 2 heterocycles. The highest BCUT2D eigenvalue weighted by atomic mass is 16.7. The Hall–Kier alpha value is -1.37. The number of ether oxygens (including phenoxy) is 4. The quantitative estimate of drug-likeness (QED) is 0.0760. The van der Waals surface area contributed by atoms with Crippen LogP contribution in [0.2, 0.25) is 0 Å². The number of carbonyl (C=O) groups is 1. The summed E-state index contributed by atoms with van der Waals surface area (Å²) in [5, 5.41) is 78.5. The zero-order chi connectivity index (χ0) is 31.3. The molecular weight excluding hydrogens is 566 g/mol. The van der Waals surface area contributed by atoms with Crippen LogP contribution in [0.15, 0.2) is 0 Å². The lowest BCUT2D eigenvalue weighted by Crippen LogP contribution is -2.70. The molecule has 2 amide bonds. The molecule has 246 valence electrons. The monoisotopic (exact) mass is 613 g/mol. The number of amides is 2. The largest absolute Gasteiger partial charge is 0.394 e. The van der Waals surface area contributed by atoms with Gasteiger partial charge in [0, 0.05) is 19.1 Å². The van der Waals surface area contributed by atoms with Gasteiger partial charge in [0.1, 0.15) is 54.9 Å². The van der Waals surface area contributed by atoms with Gasteiger partial charge in [-0.1, -0.05) is 6.92 Å². The Bertz CT molecular complexity index is 852. The summed E-state index contributed by atoms with van der Waals surface area (Å²) >= 11 is 0. The first kappa shape index (κ1) is 35.1. The lowest BCUT2D eigenvalue weighted by Gasteiger charge is -2.49. The van der Waals surface area contributed by atoms with E-state index in [1.54, 1.807) is 0 Å². The standard InChI is InChI=1S/C23H47N7O12/c1-2-28-6-10-15(33)16(34)13(27)21(39-10)41-19-8(25)5-9(29-23(37)30(38)4-3-24)20(18(19)36)42-22-17(35)12(26)14(32)11(7-31)40-22/h8-22,28,31-36,38H,2-7,24-27H2,1H3,(H,29,37)/t8-,9+,10+,11+,12-,13+,14+,15+,16+,17+,18-,19?,20-,21+,22+/m0/s1. The molecule has 1 unspecified atom stereocenters. The van der Waals surface area contributed by atoms with Crippen LogP contribution in [0.25, 0.3) is 0 Å². The summed E-state index contributed by atoms with van der Waals surface area (Å²) in [6.45, 7) is 1.64. The number of hydroxylamine groups is 2. The molecule has 3 fully saturated rings. The normalized spacial score (nSPS) is 44.5. The number of aliphatic hydroxyl groups is 6. The number of carbonyl (C=O) groups excluding carboxylic acids is 1. The van der Waals surface area contributed by atoms with Crippen LogP contribution in [0.5, 0.6) is 0 Å². The molecule has 42 heavy (non-hydrogen) atoms. The number of hydrogen-bond acceptors (Lipinski definition) is 17. The molecule has 0 radical (unpaired) electrons. The van der Waals surface area contributed by atoms with Crippen LogP contribution < -0.4 is 33.6 Å². The Balaban J connectivity index is 1.84. The lowest BCUT2D eigenvalue weighted by atomic mass is 9.83. The predicted octanol–water partition coefficient (Wildman–Crippen LogP) is -7.27. The van der Waals surface area contributed by atoms with Crippen molar-refractivity contribution in [2.45, 2.75) is 105 Å². The average Bonchev–Trinajstić information content (AvgIpc) is 2.96. The van der Waals surface area contributed by atoms with Crippen molar-refractivity contribution in [3.63, 3.8) is 0 Å². The highest BCUT2D eigenvalue weighted by Crippen LogP contribution is 2.31. The van der Waals surface area contributed by atoms with E-state index in [4.69, 9.17) is 41.9 Å². The first-order valence-corrected chi connectivity index (χ1v) is 13.9. The number of hydrogen-bond donors (Lipinski definition) is 13. The van der Waals surface area contributed by atoms with Gasteiger partial charge in [-0.05, 0) is 13.0 Å². The van der Waals surface area contributed by atoms with Crippen LogP contribution in [0.1, 0.15) is 13.3 Å². The second-order valence-corrected chi connectivity index (χ2v) is 10.8. The number of urea groups is 1. The highest BCUT2D eigenvalue weighted by Gasteiger charge is 2.52. The maximum absolute atomic E-state index is 12.6. The lowest BCUT2D eigenvalue weighted by molar-refractivity contribution is -0.319. The summed E-state index contributed by atoms with van der Waals surface area (Å²) in [6.07, 6.45) is -15.4. The fraction of sp³-hybridized carbons (Fsp3) is 0.957. The van der Waals surface area contributed by atoms with E-state index in [1.165, 1.54) is 0 Å². The summed E-state index contributed by atoms with van der Waals surface area (Å²) in [5.74, 6) is 0. The van der Waals surface area contributed by atoms with Gasteiger partial charge in [0.05, 0.1) is 31.3 Å². The van der Waals surface area contributed by atoms with Gasteiger partial charge in [-0.15, -0.1) is 0 Å². The van der Waals surface area contributed by atoms with Gasteiger partial charge in [0.25, 0.3) is 0 Å². The van der Waals surface area contributed by atoms with Crippen molar-refractivity contribution in [2.24, 2.45) is 22.9 Å². The van der Waals surface area contributed by atoms with Gasteiger partial charge >= 0.3 is 6.03 Å². The molecule has 1 saturated carbocycles. The number of nitrogens with one attached hydrogen (secondary N) is 2. The molecular formula is C23H47N7O12. The smallest absolute Gasteiger partial charge is 0.341 e. The number of aliphatic hydroxyl groups excluding tert-OH is 6. The van der Waals surface area contributed by atoms with Crippen LogP contribution in [0.4, 0.5) is 4.79 Å². The maximum atomic E-state index is 12.6.